The van der Waals surface area contributed by atoms with Crippen molar-refractivity contribution in [3.05, 3.63) is 0 Å². The summed E-state index contributed by atoms with van der Waals surface area (Å²) in [6.07, 6.45) is 4.23. The highest BCUT2D eigenvalue weighted by Gasteiger charge is 2.28. The van der Waals surface area contributed by atoms with Gasteiger partial charge in [-0.2, -0.15) is 0 Å². The number of aliphatic hydroxyl groups is 1. The predicted molar refractivity (Wildman–Crippen MR) is 50.7 cm³/mol. The van der Waals surface area contributed by atoms with Gasteiger partial charge in [0.25, 0.3) is 0 Å². The van der Waals surface area contributed by atoms with E-state index in [9.17, 15) is 5.11 Å². The fourth-order valence-corrected chi connectivity index (χ4v) is 2.40. The highest BCUT2D eigenvalue weighted by atomic mass is 16.5. The molecule has 2 fully saturated rings. The number of nitrogens with zero attached hydrogens (tertiary/aromatic N) is 1. The van der Waals surface area contributed by atoms with Gasteiger partial charge in [-0.1, -0.05) is 0 Å². The second-order valence-electron chi connectivity index (χ2n) is 4.12. The van der Waals surface area contributed by atoms with E-state index in [1.807, 2.05) is 0 Å². The van der Waals surface area contributed by atoms with Crippen LogP contribution < -0.4 is 0 Å². The Morgan fingerprint density at radius 1 is 1.15 bits per heavy atom. The number of hydrogen-bond donors (Lipinski definition) is 1. The molecule has 1 aliphatic heterocycles. The SMILES string of the molecule is OC1CCC(N2CCCOCC2)C1. The van der Waals surface area contributed by atoms with E-state index in [0.717, 1.165) is 45.6 Å². The summed E-state index contributed by atoms with van der Waals surface area (Å²) in [7, 11) is 0. The lowest BCUT2D eigenvalue weighted by atomic mass is 10.2. The molecule has 0 aromatic rings. The molecule has 2 aliphatic rings. The second-order valence-corrected chi connectivity index (χ2v) is 4.12. The zero-order valence-electron chi connectivity index (χ0n) is 8.11. The molecule has 0 aromatic heterocycles. The molecule has 76 valence electrons. The molecule has 2 unspecified atom stereocenters. The summed E-state index contributed by atoms with van der Waals surface area (Å²) in [4.78, 5) is 2.49. The van der Waals surface area contributed by atoms with Crippen molar-refractivity contribution in [3.8, 4) is 0 Å². The van der Waals surface area contributed by atoms with Gasteiger partial charge in [0, 0.05) is 25.7 Å². The van der Waals surface area contributed by atoms with Crippen LogP contribution in [0.1, 0.15) is 25.7 Å². The summed E-state index contributed by atoms with van der Waals surface area (Å²) < 4.78 is 5.41. The summed E-state index contributed by atoms with van der Waals surface area (Å²) in [5.41, 5.74) is 0. The molecule has 0 radical (unpaired) electrons. The van der Waals surface area contributed by atoms with Crippen molar-refractivity contribution in [1.82, 2.24) is 4.90 Å². The molecule has 1 N–H and O–H groups in total. The maximum atomic E-state index is 9.44. The fourth-order valence-electron chi connectivity index (χ4n) is 2.40. The standard InChI is InChI=1S/C10H19NO2/c12-10-3-2-9(8-10)11-4-1-6-13-7-5-11/h9-10,12H,1-8H2. The Morgan fingerprint density at radius 2 is 2.08 bits per heavy atom. The third kappa shape index (κ3) is 2.42. The Kier molecular flexibility index (Phi) is 3.19. The van der Waals surface area contributed by atoms with E-state index in [4.69, 9.17) is 4.74 Å². The lowest BCUT2D eigenvalue weighted by molar-refractivity contribution is 0.125. The number of ether oxygens (including phenoxy) is 1. The van der Waals surface area contributed by atoms with E-state index in [1.165, 1.54) is 6.42 Å². The minimum atomic E-state index is -0.0471. The van der Waals surface area contributed by atoms with Crippen molar-refractivity contribution in [3.63, 3.8) is 0 Å². The van der Waals surface area contributed by atoms with Crippen molar-refractivity contribution in [2.75, 3.05) is 26.3 Å². The van der Waals surface area contributed by atoms with Crippen LogP contribution in [-0.4, -0.2) is 48.5 Å². The summed E-state index contributed by atoms with van der Waals surface area (Å²) in [6.45, 7) is 3.98. The van der Waals surface area contributed by atoms with Gasteiger partial charge in [-0.25, -0.2) is 0 Å². The van der Waals surface area contributed by atoms with Gasteiger partial charge < -0.3 is 9.84 Å². The Morgan fingerprint density at radius 3 is 2.85 bits per heavy atom. The van der Waals surface area contributed by atoms with Crippen molar-refractivity contribution >= 4 is 0 Å². The molecule has 1 saturated carbocycles. The van der Waals surface area contributed by atoms with Crippen LogP contribution in [0.15, 0.2) is 0 Å². The summed E-state index contributed by atoms with van der Waals surface area (Å²) in [5, 5.41) is 9.44. The van der Waals surface area contributed by atoms with E-state index in [0.29, 0.717) is 6.04 Å². The molecule has 2 rings (SSSR count). The highest BCUT2D eigenvalue weighted by molar-refractivity contribution is 4.83. The molecule has 1 heterocycles. The Hall–Kier alpha value is -0.120. The van der Waals surface area contributed by atoms with Gasteiger partial charge in [-0.05, 0) is 25.7 Å². The van der Waals surface area contributed by atoms with Gasteiger partial charge in [-0.15, -0.1) is 0 Å². The van der Waals surface area contributed by atoms with Crippen molar-refractivity contribution in [2.24, 2.45) is 0 Å². The Labute approximate surface area is 79.7 Å². The van der Waals surface area contributed by atoms with Crippen LogP contribution >= 0.6 is 0 Å². The molecular weight excluding hydrogens is 166 g/mol. The maximum Gasteiger partial charge on any atom is 0.0593 e. The van der Waals surface area contributed by atoms with Crippen molar-refractivity contribution in [2.45, 2.75) is 37.8 Å². The molecular formula is C10H19NO2. The lowest BCUT2D eigenvalue weighted by Gasteiger charge is -2.26. The Balaban J connectivity index is 1.84. The number of aliphatic hydroxyl groups excluding tert-OH is 1. The minimum absolute atomic E-state index is 0.0471. The van der Waals surface area contributed by atoms with E-state index in [1.54, 1.807) is 0 Å². The second kappa shape index (κ2) is 4.40. The molecule has 0 spiro atoms. The minimum Gasteiger partial charge on any atom is -0.393 e. The zero-order chi connectivity index (χ0) is 9.10. The molecule has 13 heavy (non-hydrogen) atoms. The fraction of sp³-hybridized carbons (Fsp3) is 1.00. The van der Waals surface area contributed by atoms with Gasteiger partial charge in [0.1, 0.15) is 0 Å². The smallest absolute Gasteiger partial charge is 0.0593 e. The van der Waals surface area contributed by atoms with Gasteiger partial charge in [0.15, 0.2) is 0 Å². The van der Waals surface area contributed by atoms with Crippen LogP contribution in [0.25, 0.3) is 0 Å². The third-order valence-electron chi connectivity index (χ3n) is 3.15. The quantitative estimate of drug-likeness (QED) is 0.650. The molecule has 3 heteroatoms. The van der Waals surface area contributed by atoms with E-state index < -0.39 is 0 Å². The average molecular weight is 185 g/mol. The topological polar surface area (TPSA) is 32.7 Å². The zero-order valence-corrected chi connectivity index (χ0v) is 8.11. The van der Waals surface area contributed by atoms with Crippen LogP contribution in [0, 0.1) is 0 Å². The molecule has 2 atom stereocenters. The van der Waals surface area contributed by atoms with Crippen LogP contribution in [0.2, 0.25) is 0 Å². The Bertz CT molecular complexity index is 155. The first kappa shape index (κ1) is 9.44. The predicted octanol–water partition coefficient (Wildman–Crippen LogP) is 0.622. The average Bonchev–Trinajstić information content (AvgIpc) is 2.43. The molecule has 1 saturated heterocycles. The van der Waals surface area contributed by atoms with Crippen molar-refractivity contribution in [1.29, 1.82) is 0 Å². The van der Waals surface area contributed by atoms with E-state index in [-0.39, 0.29) is 6.10 Å². The first-order chi connectivity index (χ1) is 6.36. The molecule has 0 aromatic carbocycles. The summed E-state index contributed by atoms with van der Waals surface area (Å²) in [5.74, 6) is 0. The van der Waals surface area contributed by atoms with E-state index >= 15 is 0 Å². The molecule has 0 bridgehead atoms. The number of hydrogen-bond acceptors (Lipinski definition) is 3. The van der Waals surface area contributed by atoms with Crippen LogP contribution in [0.5, 0.6) is 0 Å². The third-order valence-corrected chi connectivity index (χ3v) is 3.15. The van der Waals surface area contributed by atoms with Gasteiger partial charge >= 0.3 is 0 Å². The van der Waals surface area contributed by atoms with Gasteiger partial charge in [0.2, 0.25) is 0 Å². The highest BCUT2D eigenvalue weighted by Crippen LogP contribution is 2.24. The summed E-state index contributed by atoms with van der Waals surface area (Å²) >= 11 is 0. The largest absolute Gasteiger partial charge is 0.393 e. The first-order valence-corrected chi connectivity index (χ1v) is 5.36. The maximum absolute atomic E-state index is 9.44. The lowest BCUT2D eigenvalue weighted by Crippen LogP contribution is -2.35. The molecule has 0 amide bonds. The van der Waals surface area contributed by atoms with Crippen molar-refractivity contribution < 1.29 is 9.84 Å². The first-order valence-electron chi connectivity index (χ1n) is 5.36. The normalized spacial score (nSPS) is 37.6. The van der Waals surface area contributed by atoms with Crippen LogP contribution in [-0.2, 0) is 4.74 Å². The van der Waals surface area contributed by atoms with Crippen LogP contribution in [0.4, 0.5) is 0 Å². The van der Waals surface area contributed by atoms with Gasteiger partial charge in [0.05, 0.1) is 12.7 Å². The summed E-state index contributed by atoms with van der Waals surface area (Å²) in [6, 6.07) is 0.622. The molecule has 3 nitrogen and oxygen atoms in total. The van der Waals surface area contributed by atoms with Gasteiger partial charge in [-0.3, -0.25) is 4.90 Å². The molecule has 1 aliphatic carbocycles. The van der Waals surface area contributed by atoms with Crippen LogP contribution in [0.3, 0.4) is 0 Å². The monoisotopic (exact) mass is 185 g/mol. The number of rotatable bonds is 1. The van der Waals surface area contributed by atoms with E-state index in [2.05, 4.69) is 4.90 Å².